The maximum atomic E-state index is 12.0. The van der Waals surface area contributed by atoms with Crippen LogP contribution >= 0.6 is 0 Å². The monoisotopic (exact) mass is 267 g/mol. The van der Waals surface area contributed by atoms with E-state index in [4.69, 9.17) is 20.3 Å². The highest BCUT2D eigenvalue weighted by Crippen LogP contribution is 2.32. The lowest BCUT2D eigenvalue weighted by atomic mass is 10.0. The van der Waals surface area contributed by atoms with Crippen LogP contribution < -0.4 is 15.2 Å². The fourth-order valence-corrected chi connectivity index (χ4v) is 1.77. The van der Waals surface area contributed by atoms with Crippen LogP contribution in [0.3, 0.4) is 0 Å². The molecule has 6 heteroatoms. The topological polar surface area (TPSA) is 98.9 Å². The van der Waals surface area contributed by atoms with Crippen molar-refractivity contribution in [3.05, 3.63) is 23.3 Å². The lowest BCUT2D eigenvalue weighted by molar-refractivity contribution is -0.138. The SMILES string of the molecule is COc1ccc(C(=O)CC(N)C(=O)O)c(OC)c1C. The molecule has 0 aromatic heterocycles. The standard InChI is InChI=1S/C13H17NO5/c1-7-11(18-2)5-4-8(12(7)19-3)10(15)6-9(14)13(16)17/h4-5,9H,6,14H2,1-3H3,(H,16,17). The number of hydrogen-bond acceptors (Lipinski definition) is 5. The molecule has 0 aliphatic heterocycles. The number of ketones is 1. The molecule has 6 nitrogen and oxygen atoms in total. The van der Waals surface area contributed by atoms with Gasteiger partial charge in [0.05, 0.1) is 19.8 Å². The van der Waals surface area contributed by atoms with Gasteiger partial charge in [-0.1, -0.05) is 0 Å². The Morgan fingerprint density at radius 2 is 1.95 bits per heavy atom. The Kier molecular flexibility index (Phi) is 4.88. The van der Waals surface area contributed by atoms with Crippen molar-refractivity contribution in [2.24, 2.45) is 5.73 Å². The molecule has 1 atom stereocenters. The van der Waals surface area contributed by atoms with Gasteiger partial charge in [-0.05, 0) is 19.1 Å². The molecule has 19 heavy (non-hydrogen) atoms. The first-order valence-electron chi connectivity index (χ1n) is 5.65. The maximum absolute atomic E-state index is 12.0. The van der Waals surface area contributed by atoms with Crippen LogP contribution in [0.25, 0.3) is 0 Å². The summed E-state index contributed by atoms with van der Waals surface area (Å²) >= 11 is 0. The van der Waals surface area contributed by atoms with Crippen LogP contribution in [0.15, 0.2) is 12.1 Å². The van der Waals surface area contributed by atoms with Crippen molar-refractivity contribution >= 4 is 11.8 Å². The maximum Gasteiger partial charge on any atom is 0.320 e. The minimum Gasteiger partial charge on any atom is -0.496 e. The van der Waals surface area contributed by atoms with Crippen molar-refractivity contribution in [2.75, 3.05) is 14.2 Å². The molecule has 0 aliphatic rings. The van der Waals surface area contributed by atoms with E-state index in [0.717, 1.165) is 0 Å². The molecule has 0 heterocycles. The first-order valence-corrected chi connectivity index (χ1v) is 5.65. The van der Waals surface area contributed by atoms with Gasteiger partial charge >= 0.3 is 5.97 Å². The van der Waals surface area contributed by atoms with Crippen molar-refractivity contribution in [3.8, 4) is 11.5 Å². The largest absolute Gasteiger partial charge is 0.496 e. The number of carboxylic acids is 1. The van der Waals surface area contributed by atoms with Gasteiger partial charge in [-0.15, -0.1) is 0 Å². The lowest BCUT2D eigenvalue weighted by Gasteiger charge is -2.14. The number of methoxy groups -OCH3 is 2. The van der Waals surface area contributed by atoms with E-state index < -0.39 is 12.0 Å². The van der Waals surface area contributed by atoms with Crippen LogP contribution in [0.1, 0.15) is 22.3 Å². The first kappa shape index (κ1) is 15.0. The summed E-state index contributed by atoms with van der Waals surface area (Å²) < 4.78 is 10.3. The third kappa shape index (κ3) is 3.23. The Hall–Kier alpha value is -2.08. The van der Waals surface area contributed by atoms with E-state index in [0.29, 0.717) is 22.6 Å². The quantitative estimate of drug-likeness (QED) is 0.746. The zero-order valence-corrected chi connectivity index (χ0v) is 11.1. The molecule has 1 rings (SSSR count). The van der Waals surface area contributed by atoms with E-state index in [1.165, 1.54) is 14.2 Å². The number of rotatable bonds is 6. The van der Waals surface area contributed by atoms with Crippen LogP contribution in [0.4, 0.5) is 0 Å². The molecule has 0 aliphatic carbocycles. The highest BCUT2D eigenvalue weighted by Gasteiger charge is 2.22. The lowest BCUT2D eigenvalue weighted by Crippen LogP contribution is -2.32. The first-order chi connectivity index (χ1) is 8.92. The summed E-state index contributed by atoms with van der Waals surface area (Å²) in [5, 5.41) is 8.71. The van der Waals surface area contributed by atoms with E-state index in [9.17, 15) is 9.59 Å². The van der Waals surface area contributed by atoms with Gasteiger partial charge in [0.15, 0.2) is 5.78 Å². The molecule has 0 fully saturated rings. The Balaban J connectivity index is 3.10. The highest BCUT2D eigenvalue weighted by molar-refractivity contribution is 6.01. The minimum atomic E-state index is -1.22. The van der Waals surface area contributed by atoms with Crippen LogP contribution in [0, 0.1) is 6.92 Å². The second-order valence-electron chi connectivity index (χ2n) is 4.05. The molecule has 1 unspecified atom stereocenters. The molecular weight excluding hydrogens is 250 g/mol. The second kappa shape index (κ2) is 6.19. The number of carboxylic acid groups (broad SMARTS) is 1. The predicted octanol–water partition coefficient (Wildman–Crippen LogP) is 0.997. The molecule has 3 N–H and O–H groups in total. The van der Waals surface area contributed by atoms with Gasteiger partial charge in [0.1, 0.15) is 17.5 Å². The predicted molar refractivity (Wildman–Crippen MR) is 68.8 cm³/mol. The number of Topliss-reactive ketones (excluding diaryl/α,β-unsaturated/α-hetero) is 1. The number of carbonyl (C=O) groups excluding carboxylic acids is 1. The van der Waals surface area contributed by atoms with E-state index >= 15 is 0 Å². The van der Waals surface area contributed by atoms with Crippen molar-refractivity contribution in [2.45, 2.75) is 19.4 Å². The Bertz CT molecular complexity index is 498. The number of ether oxygens (including phenoxy) is 2. The molecule has 0 radical (unpaired) electrons. The van der Waals surface area contributed by atoms with E-state index in [1.54, 1.807) is 19.1 Å². The number of hydrogen-bond donors (Lipinski definition) is 2. The third-order valence-corrected chi connectivity index (χ3v) is 2.80. The van der Waals surface area contributed by atoms with Crippen molar-refractivity contribution in [1.29, 1.82) is 0 Å². The van der Waals surface area contributed by atoms with Gasteiger partial charge in [0.25, 0.3) is 0 Å². The van der Waals surface area contributed by atoms with Gasteiger partial charge in [0.2, 0.25) is 0 Å². The van der Waals surface area contributed by atoms with Gasteiger partial charge in [-0.25, -0.2) is 0 Å². The molecule has 0 spiro atoms. The zero-order chi connectivity index (χ0) is 14.6. The second-order valence-corrected chi connectivity index (χ2v) is 4.05. The molecule has 0 saturated heterocycles. The molecule has 0 saturated carbocycles. The molecule has 104 valence electrons. The molecule has 1 aromatic rings. The fraction of sp³-hybridized carbons (Fsp3) is 0.385. The number of benzene rings is 1. The highest BCUT2D eigenvalue weighted by atomic mass is 16.5. The normalized spacial score (nSPS) is 11.8. The zero-order valence-electron chi connectivity index (χ0n) is 11.1. The summed E-state index contributed by atoms with van der Waals surface area (Å²) in [7, 11) is 2.96. The molecular formula is C13H17NO5. The number of nitrogens with two attached hydrogens (primary N) is 1. The van der Waals surface area contributed by atoms with Crippen molar-refractivity contribution in [3.63, 3.8) is 0 Å². The van der Waals surface area contributed by atoms with Crippen LogP contribution in [-0.4, -0.2) is 37.1 Å². The molecule has 1 aromatic carbocycles. The smallest absolute Gasteiger partial charge is 0.320 e. The number of aliphatic carboxylic acids is 1. The summed E-state index contributed by atoms with van der Waals surface area (Å²) in [5.41, 5.74) is 6.34. The van der Waals surface area contributed by atoms with Crippen molar-refractivity contribution < 1.29 is 24.2 Å². The molecule has 0 amide bonds. The minimum absolute atomic E-state index is 0.280. The van der Waals surface area contributed by atoms with E-state index in [-0.39, 0.29) is 12.2 Å². The van der Waals surface area contributed by atoms with Gasteiger partial charge in [-0.2, -0.15) is 0 Å². The fourth-order valence-electron chi connectivity index (χ4n) is 1.77. The average Bonchev–Trinajstić information content (AvgIpc) is 2.37. The number of carbonyl (C=O) groups is 2. The van der Waals surface area contributed by atoms with Gasteiger partial charge in [0, 0.05) is 12.0 Å². The Labute approximate surface area is 111 Å². The summed E-state index contributed by atoms with van der Waals surface area (Å²) in [6.07, 6.45) is -0.280. The Morgan fingerprint density at radius 3 is 2.42 bits per heavy atom. The summed E-state index contributed by atoms with van der Waals surface area (Å²) in [6.45, 7) is 1.76. The summed E-state index contributed by atoms with van der Waals surface area (Å²) in [5.74, 6) is -0.618. The van der Waals surface area contributed by atoms with Gasteiger partial charge in [-0.3, -0.25) is 9.59 Å². The van der Waals surface area contributed by atoms with Crippen LogP contribution in [0.2, 0.25) is 0 Å². The van der Waals surface area contributed by atoms with E-state index in [2.05, 4.69) is 0 Å². The average molecular weight is 267 g/mol. The van der Waals surface area contributed by atoms with E-state index in [1.807, 2.05) is 0 Å². The van der Waals surface area contributed by atoms with Crippen LogP contribution in [-0.2, 0) is 4.79 Å². The molecule has 0 bridgehead atoms. The summed E-state index contributed by atoms with van der Waals surface area (Å²) in [4.78, 5) is 22.7. The third-order valence-electron chi connectivity index (χ3n) is 2.80. The van der Waals surface area contributed by atoms with Gasteiger partial charge < -0.3 is 20.3 Å². The Morgan fingerprint density at radius 1 is 1.32 bits per heavy atom. The van der Waals surface area contributed by atoms with Crippen LogP contribution in [0.5, 0.6) is 11.5 Å². The van der Waals surface area contributed by atoms with Crippen molar-refractivity contribution in [1.82, 2.24) is 0 Å². The summed E-state index contributed by atoms with van der Waals surface area (Å²) in [6, 6.07) is 1.96.